The Hall–Kier alpha value is -3.41. The normalized spacial score (nSPS) is 16.0. The van der Waals surface area contributed by atoms with E-state index in [4.69, 9.17) is 0 Å². The van der Waals surface area contributed by atoms with E-state index in [1.807, 2.05) is 54.6 Å². The van der Waals surface area contributed by atoms with Crippen molar-refractivity contribution in [2.75, 3.05) is 0 Å². The molecule has 1 aliphatic rings. The van der Waals surface area contributed by atoms with E-state index in [0.717, 1.165) is 22.4 Å². The third kappa shape index (κ3) is 3.46. The first-order valence-electron chi connectivity index (χ1n) is 8.80. The molecule has 0 radical (unpaired) electrons. The van der Waals surface area contributed by atoms with Crippen molar-refractivity contribution in [3.8, 4) is 5.69 Å². The average molecular weight is 361 g/mol. The number of fused-ring (bicyclic) bond motifs is 1. The first-order valence-corrected chi connectivity index (χ1v) is 8.80. The number of para-hydroxylation sites is 1. The molecule has 136 valence electrons. The highest BCUT2D eigenvalue weighted by Crippen LogP contribution is 2.24. The maximum atomic E-state index is 12.9. The van der Waals surface area contributed by atoms with Crippen LogP contribution in [0, 0.1) is 0 Å². The zero-order valence-corrected chi connectivity index (χ0v) is 14.7. The molecule has 2 heterocycles. The van der Waals surface area contributed by atoms with Crippen LogP contribution < -0.4 is 0 Å². The minimum Gasteiger partial charge on any atom is -0.480 e. The molecule has 1 aromatic heterocycles. The molecular weight excluding hydrogens is 342 g/mol. The highest BCUT2D eigenvalue weighted by molar-refractivity contribution is 5.85. The summed E-state index contributed by atoms with van der Waals surface area (Å²) in [6, 6.07) is 16.5. The lowest BCUT2D eigenvalue weighted by molar-refractivity contribution is -0.151. The van der Waals surface area contributed by atoms with Gasteiger partial charge in [0.1, 0.15) is 6.04 Å². The quantitative estimate of drug-likeness (QED) is 0.775. The third-order valence-corrected chi connectivity index (χ3v) is 4.87. The van der Waals surface area contributed by atoms with Gasteiger partial charge < -0.3 is 10.0 Å². The number of benzene rings is 2. The Morgan fingerprint density at radius 1 is 1.04 bits per heavy atom. The largest absolute Gasteiger partial charge is 0.480 e. The number of hydrogen-bond acceptors (Lipinski definition) is 3. The molecule has 6 heteroatoms. The number of carbonyl (C=O) groups excluding carboxylic acids is 1. The molecular formula is C21H19N3O3. The fourth-order valence-corrected chi connectivity index (χ4v) is 3.46. The van der Waals surface area contributed by atoms with Crippen LogP contribution in [0.25, 0.3) is 5.69 Å². The van der Waals surface area contributed by atoms with Gasteiger partial charge in [-0.15, -0.1) is 0 Å². The minimum atomic E-state index is -0.974. The zero-order chi connectivity index (χ0) is 18.8. The fraction of sp³-hybridized carbons (Fsp3) is 0.190. The number of carboxylic acid groups (broad SMARTS) is 1. The lowest BCUT2D eigenvalue weighted by atomic mass is 9.93. The van der Waals surface area contributed by atoms with Gasteiger partial charge in [-0.3, -0.25) is 4.79 Å². The topological polar surface area (TPSA) is 75.4 Å². The molecule has 1 aliphatic heterocycles. The van der Waals surface area contributed by atoms with E-state index in [2.05, 4.69) is 5.10 Å². The van der Waals surface area contributed by atoms with Crippen LogP contribution in [-0.2, 0) is 29.0 Å². The molecule has 6 nitrogen and oxygen atoms in total. The van der Waals surface area contributed by atoms with Crippen molar-refractivity contribution in [2.24, 2.45) is 0 Å². The van der Waals surface area contributed by atoms with Gasteiger partial charge in [0.05, 0.1) is 18.3 Å². The summed E-state index contributed by atoms with van der Waals surface area (Å²) in [6.45, 7) is 0.318. The molecule has 4 rings (SSSR count). The second-order valence-electron chi connectivity index (χ2n) is 6.65. The molecule has 0 fully saturated rings. The van der Waals surface area contributed by atoms with Gasteiger partial charge >= 0.3 is 5.97 Å². The van der Waals surface area contributed by atoms with Crippen LogP contribution >= 0.6 is 0 Å². The standard InChI is InChI=1S/C21H19N3O3/c25-20(10-15-12-22-24(13-15)18-8-2-1-3-9-18)23-14-17-7-5-4-6-16(17)11-19(23)21(26)27/h1-9,12-13,19H,10-11,14H2,(H,26,27)/t19-/m0/s1. The van der Waals surface area contributed by atoms with E-state index in [9.17, 15) is 14.7 Å². The van der Waals surface area contributed by atoms with Gasteiger partial charge in [0, 0.05) is 19.2 Å². The number of carboxylic acids is 1. The Labute approximate surface area is 156 Å². The third-order valence-electron chi connectivity index (χ3n) is 4.87. The SMILES string of the molecule is O=C(O)[C@@H]1Cc2ccccc2CN1C(=O)Cc1cnn(-c2ccccc2)c1. The Balaban J connectivity index is 1.54. The molecule has 0 spiro atoms. The molecule has 1 N–H and O–H groups in total. The summed E-state index contributed by atoms with van der Waals surface area (Å²) in [7, 11) is 0. The summed E-state index contributed by atoms with van der Waals surface area (Å²) < 4.78 is 1.71. The molecule has 27 heavy (non-hydrogen) atoms. The lowest BCUT2D eigenvalue weighted by Crippen LogP contribution is -2.49. The van der Waals surface area contributed by atoms with E-state index in [0.29, 0.717) is 13.0 Å². The van der Waals surface area contributed by atoms with E-state index < -0.39 is 12.0 Å². The molecule has 0 aliphatic carbocycles. The number of aromatic nitrogens is 2. The molecule has 2 aromatic carbocycles. The maximum Gasteiger partial charge on any atom is 0.326 e. The van der Waals surface area contributed by atoms with Crippen LogP contribution in [0.4, 0.5) is 0 Å². The second kappa shape index (κ2) is 7.07. The predicted molar refractivity (Wildman–Crippen MR) is 99.4 cm³/mol. The van der Waals surface area contributed by atoms with Gasteiger partial charge in [-0.1, -0.05) is 42.5 Å². The van der Waals surface area contributed by atoms with Crippen molar-refractivity contribution >= 4 is 11.9 Å². The van der Waals surface area contributed by atoms with Gasteiger partial charge in [0.15, 0.2) is 0 Å². The van der Waals surface area contributed by atoms with Crippen LogP contribution in [0.2, 0.25) is 0 Å². The molecule has 0 unspecified atom stereocenters. The first-order chi connectivity index (χ1) is 13.1. The summed E-state index contributed by atoms with van der Waals surface area (Å²) in [5.74, 6) is -1.18. The summed E-state index contributed by atoms with van der Waals surface area (Å²) >= 11 is 0. The molecule has 1 amide bonds. The predicted octanol–water partition coefficient (Wildman–Crippen LogP) is 2.45. The van der Waals surface area contributed by atoms with Crippen molar-refractivity contribution in [3.05, 3.63) is 83.7 Å². The summed E-state index contributed by atoms with van der Waals surface area (Å²) in [5, 5.41) is 13.9. The van der Waals surface area contributed by atoms with Crippen molar-refractivity contribution in [3.63, 3.8) is 0 Å². The van der Waals surface area contributed by atoms with Gasteiger partial charge in [0.25, 0.3) is 0 Å². The lowest BCUT2D eigenvalue weighted by Gasteiger charge is -2.34. The number of carbonyl (C=O) groups is 2. The Morgan fingerprint density at radius 2 is 1.74 bits per heavy atom. The van der Waals surface area contributed by atoms with E-state index in [-0.39, 0.29) is 12.3 Å². The Bertz CT molecular complexity index is 981. The molecule has 3 aromatic rings. The van der Waals surface area contributed by atoms with Crippen LogP contribution in [0.3, 0.4) is 0 Å². The van der Waals surface area contributed by atoms with Crippen molar-refractivity contribution in [2.45, 2.75) is 25.4 Å². The van der Waals surface area contributed by atoms with Gasteiger partial charge in [-0.05, 0) is 28.8 Å². The smallest absolute Gasteiger partial charge is 0.326 e. The average Bonchev–Trinajstić information content (AvgIpc) is 3.16. The number of amides is 1. The monoisotopic (exact) mass is 361 g/mol. The van der Waals surface area contributed by atoms with Gasteiger partial charge in [-0.2, -0.15) is 5.10 Å². The number of rotatable bonds is 4. The Morgan fingerprint density at radius 3 is 2.48 bits per heavy atom. The maximum absolute atomic E-state index is 12.9. The zero-order valence-electron chi connectivity index (χ0n) is 14.7. The van der Waals surface area contributed by atoms with Crippen molar-refractivity contribution in [1.82, 2.24) is 14.7 Å². The van der Waals surface area contributed by atoms with Crippen molar-refractivity contribution < 1.29 is 14.7 Å². The van der Waals surface area contributed by atoms with Crippen LogP contribution in [0.15, 0.2) is 67.0 Å². The highest BCUT2D eigenvalue weighted by Gasteiger charge is 2.34. The molecule has 0 saturated heterocycles. The van der Waals surface area contributed by atoms with Crippen LogP contribution in [-0.4, -0.2) is 37.7 Å². The molecule has 0 saturated carbocycles. The van der Waals surface area contributed by atoms with E-state index in [1.54, 1.807) is 17.1 Å². The fourth-order valence-electron chi connectivity index (χ4n) is 3.46. The summed E-state index contributed by atoms with van der Waals surface area (Å²) in [4.78, 5) is 26.0. The number of nitrogens with zero attached hydrogens (tertiary/aromatic N) is 3. The molecule has 0 bridgehead atoms. The van der Waals surface area contributed by atoms with Gasteiger partial charge in [0.2, 0.25) is 5.91 Å². The van der Waals surface area contributed by atoms with Gasteiger partial charge in [-0.25, -0.2) is 9.48 Å². The van der Waals surface area contributed by atoms with E-state index in [1.165, 1.54) is 4.90 Å². The summed E-state index contributed by atoms with van der Waals surface area (Å²) in [5.41, 5.74) is 3.66. The minimum absolute atomic E-state index is 0.124. The second-order valence-corrected chi connectivity index (χ2v) is 6.65. The van der Waals surface area contributed by atoms with Crippen molar-refractivity contribution in [1.29, 1.82) is 0 Å². The van der Waals surface area contributed by atoms with E-state index >= 15 is 0 Å². The highest BCUT2D eigenvalue weighted by atomic mass is 16.4. The van der Waals surface area contributed by atoms with Crippen LogP contribution in [0.1, 0.15) is 16.7 Å². The molecule has 1 atom stereocenters. The number of aliphatic carboxylic acids is 1. The Kier molecular flexibility index (Phi) is 4.46. The summed E-state index contributed by atoms with van der Waals surface area (Å²) in [6.07, 6.45) is 3.92. The van der Waals surface area contributed by atoms with Crippen LogP contribution in [0.5, 0.6) is 0 Å². The first kappa shape index (κ1) is 17.0. The number of hydrogen-bond donors (Lipinski definition) is 1.